The first-order valence-electron chi connectivity index (χ1n) is 5.35. The summed E-state index contributed by atoms with van der Waals surface area (Å²) in [5.74, 6) is -0.0210. The van der Waals surface area contributed by atoms with Gasteiger partial charge in [0, 0.05) is 31.3 Å². The lowest BCUT2D eigenvalue weighted by molar-refractivity contribution is -0.117. The maximum Gasteiger partial charge on any atom is 0.228 e. The normalized spacial score (nSPS) is 19.3. The minimum absolute atomic E-state index is 0.00512. The van der Waals surface area contributed by atoms with E-state index in [0.717, 1.165) is 0 Å². The van der Waals surface area contributed by atoms with Crippen molar-refractivity contribution in [1.29, 1.82) is 0 Å². The number of anilines is 2. The summed E-state index contributed by atoms with van der Waals surface area (Å²) in [6.45, 7) is 2.00. The van der Waals surface area contributed by atoms with Crippen molar-refractivity contribution in [3.63, 3.8) is 0 Å². The molecule has 96 valence electrons. The number of nitrogen functional groups attached to an aromatic ring is 1. The van der Waals surface area contributed by atoms with Gasteiger partial charge < -0.3 is 10.6 Å². The Hall–Kier alpha value is -1.08. The van der Waals surface area contributed by atoms with Gasteiger partial charge in [-0.2, -0.15) is 0 Å². The third-order valence-corrected chi connectivity index (χ3v) is 4.15. The molecular weight excluding hydrogens is 318 g/mol. The average molecular weight is 330 g/mol. The quantitative estimate of drug-likeness (QED) is 0.895. The van der Waals surface area contributed by atoms with Gasteiger partial charge in [-0.3, -0.25) is 14.6 Å². The second kappa shape index (κ2) is 5.27. The maximum atomic E-state index is 12.0. The van der Waals surface area contributed by atoms with Gasteiger partial charge in [0.05, 0.1) is 22.0 Å². The van der Waals surface area contributed by atoms with E-state index in [0.29, 0.717) is 28.8 Å². The number of carbonyl (C=O) groups excluding carboxylic acids is 2. The molecule has 1 atom stereocenters. The highest BCUT2D eigenvalue weighted by atomic mass is 79.9. The molecule has 0 aliphatic carbocycles. The molecule has 1 amide bonds. The van der Waals surface area contributed by atoms with E-state index in [4.69, 9.17) is 5.73 Å². The average Bonchev–Trinajstić information content (AvgIpc) is 2.58. The van der Waals surface area contributed by atoms with E-state index in [2.05, 4.69) is 20.9 Å². The van der Waals surface area contributed by atoms with Crippen molar-refractivity contribution in [2.24, 2.45) is 0 Å². The number of nitrogens with two attached hydrogens (primary N) is 1. The molecule has 0 spiro atoms. The second-order valence-corrected chi connectivity index (χ2v) is 6.33. The number of carbonyl (C=O) groups is 2. The fourth-order valence-electron chi connectivity index (χ4n) is 1.93. The molecule has 2 N–H and O–H groups in total. The Bertz CT molecular complexity index is 489. The molecule has 1 unspecified atom stereocenters. The molecule has 1 aliphatic rings. The monoisotopic (exact) mass is 329 g/mol. The lowest BCUT2D eigenvalue weighted by atomic mass is 10.3. The van der Waals surface area contributed by atoms with Crippen molar-refractivity contribution >= 4 is 50.1 Å². The first-order valence-corrected chi connectivity index (χ1v) is 7.03. The molecule has 1 aromatic rings. The summed E-state index contributed by atoms with van der Waals surface area (Å²) in [6, 6.07) is 0. The van der Waals surface area contributed by atoms with Crippen LogP contribution in [0.15, 0.2) is 16.9 Å². The zero-order valence-corrected chi connectivity index (χ0v) is 12.1. The van der Waals surface area contributed by atoms with Crippen LogP contribution in [0.25, 0.3) is 0 Å². The minimum Gasteiger partial charge on any atom is -0.396 e. The maximum absolute atomic E-state index is 12.0. The van der Waals surface area contributed by atoms with Crippen molar-refractivity contribution in [3.8, 4) is 0 Å². The number of thioether (sulfide) groups is 1. The predicted molar refractivity (Wildman–Crippen MR) is 75.4 cm³/mol. The van der Waals surface area contributed by atoms with Crippen LogP contribution in [-0.2, 0) is 9.59 Å². The zero-order valence-electron chi connectivity index (χ0n) is 9.72. The Labute approximate surface area is 117 Å². The van der Waals surface area contributed by atoms with Gasteiger partial charge in [-0.25, -0.2) is 0 Å². The van der Waals surface area contributed by atoms with Crippen molar-refractivity contribution in [2.45, 2.75) is 18.6 Å². The van der Waals surface area contributed by atoms with Gasteiger partial charge in [0.1, 0.15) is 0 Å². The number of aromatic nitrogens is 1. The first kappa shape index (κ1) is 13.4. The Morgan fingerprint density at radius 1 is 1.61 bits per heavy atom. The molecule has 0 aromatic carbocycles. The molecule has 1 saturated heterocycles. The Balaban J connectivity index is 2.24. The summed E-state index contributed by atoms with van der Waals surface area (Å²) in [6.07, 6.45) is 3.47. The molecule has 2 rings (SSSR count). The van der Waals surface area contributed by atoms with Crippen molar-refractivity contribution in [3.05, 3.63) is 16.9 Å². The highest BCUT2D eigenvalue weighted by Crippen LogP contribution is 2.36. The van der Waals surface area contributed by atoms with E-state index < -0.39 is 0 Å². The van der Waals surface area contributed by atoms with Crippen LogP contribution in [-0.4, -0.2) is 27.8 Å². The number of rotatable bonds is 2. The lowest BCUT2D eigenvalue weighted by Crippen LogP contribution is -2.26. The first-order chi connectivity index (χ1) is 8.49. The number of nitrogens with zero attached hydrogens (tertiary/aromatic N) is 2. The largest absolute Gasteiger partial charge is 0.396 e. The van der Waals surface area contributed by atoms with Gasteiger partial charge in [-0.15, -0.1) is 0 Å². The Morgan fingerprint density at radius 2 is 2.33 bits per heavy atom. The highest BCUT2D eigenvalue weighted by molar-refractivity contribution is 9.10. The number of hydrogen-bond donors (Lipinski definition) is 1. The van der Waals surface area contributed by atoms with E-state index in [9.17, 15) is 9.59 Å². The molecular formula is C11H12BrN3O2S. The van der Waals surface area contributed by atoms with Gasteiger partial charge in [0.25, 0.3) is 0 Å². The number of halogens is 1. The van der Waals surface area contributed by atoms with Crippen LogP contribution in [0.3, 0.4) is 0 Å². The molecule has 0 bridgehead atoms. The van der Waals surface area contributed by atoms with E-state index >= 15 is 0 Å². The van der Waals surface area contributed by atoms with Crippen molar-refractivity contribution in [2.75, 3.05) is 17.2 Å². The third-order valence-electron chi connectivity index (χ3n) is 2.59. The second-order valence-electron chi connectivity index (χ2n) is 4.00. The van der Waals surface area contributed by atoms with Gasteiger partial charge in [-0.1, -0.05) is 11.8 Å². The van der Waals surface area contributed by atoms with Crippen LogP contribution in [0.4, 0.5) is 11.4 Å². The number of amides is 1. The van der Waals surface area contributed by atoms with E-state index in [1.54, 1.807) is 11.1 Å². The van der Waals surface area contributed by atoms with Gasteiger partial charge >= 0.3 is 0 Å². The minimum atomic E-state index is -0.0210. The van der Waals surface area contributed by atoms with Crippen LogP contribution < -0.4 is 10.6 Å². The van der Waals surface area contributed by atoms with Crippen LogP contribution in [0.5, 0.6) is 0 Å². The summed E-state index contributed by atoms with van der Waals surface area (Å²) < 4.78 is 0.685. The van der Waals surface area contributed by atoms with Crippen LogP contribution in [0.1, 0.15) is 13.3 Å². The summed E-state index contributed by atoms with van der Waals surface area (Å²) in [5, 5.41) is 0.0193. The molecule has 7 heteroatoms. The van der Waals surface area contributed by atoms with E-state index in [1.807, 2.05) is 0 Å². The highest BCUT2D eigenvalue weighted by Gasteiger charge is 2.33. The third kappa shape index (κ3) is 2.67. The standard InChI is InChI=1S/C11H12BrN3O2S/c1-6(16)18-7-2-10(17)15(5-7)11-8(12)3-14-4-9(11)13/h3-4,7H,2,5,13H2,1H3. The fraction of sp³-hybridized carbons (Fsp3) is 0.364. The van der Waals surface area contributed by atoms with E-state index in [-0.39, 0.29) is 16.3 Å². The number of pyridine rings is 1. The Kier molecular flexibility index (Phi) is 3.91. The molecule has 18 heavy (non-hydrogen) atoms. The summed E-state index contributed by atoms with van der Waals surface area (Å²) in [5.41, 5.74) is 6.94. The Morgan fingerprint density at radius 3 is 2.94 bits per heavy atom. The molecule has 5 nitrogen and oxygen atoms in total. The lowest BCUT2D eigenvalue weighted by Gasteiger charge is -2.19. The molecule has 0 radical (unpaired) electrons. The van der Waals surface area contributed by atoms with Crippen molar-refractivity contribution < 1.29 is 9.59 Å². The predicted octanol–water partition coefficient (Wildman–Crippen LogP) is 1.81. The molecule has 2 heterocycles. The van der Waals surface area contributed by atoms with Crippen LogP contribution in [0, 0.1) is 0 Å². The topological polar surface area (TPSA) is 76.3 Å². The van der Waals surface area contributed by atoms with Crippen LogP contribution in [0.2, 0.25) is 0 Å². The molecule has 1 aliphatic heterocycles. The SMILES string of the molecule is CC(=O)SC1CC(=O)N(c2c(N)cncc2Br)C1. The van der Waals surface area contributed by atoms with Crippen molar-refractivity contribution in [1.82, 2.24) is 4.98 Å². The number of hydrogen-bond acceptors (Lipinski definition) is 5. The zero-order chi connectivity index (χ0) is 13.3. The van der Waals surface area contributed by atoms with Gasteiger partial charge in [0.2, 0.25) is 5.91 Å². The summed E-state index contributed by atoms with van der Waals surface area (Å²) in [7, 11) is 0. The molecule has 0 saturated carbocycles. The molecule has 1 fully saturated rings. The van der Waals surface area contributed by atoms with Gasteiger partial charge in [0.15, 0.2) is 5.12 Å². The summed E-state index contributed by atoms with van der Waals surface area (Å²) >= 11 is 4.55. The molecule has 1 aromatic heterocycles. The smallest absolute Gasteiger partial charge is 0.228 e. The van der Waals surface area contributed by atoms with E-state index in [1.165, 1.54) is 24.9 Å². The summed E-state index contributed by atoms with van der Waals surface area (Å²) in [4.78, 5) is 28.6. The fourth-order valence-corrected chi connectivity index (χ4v) is 3.41. The van der Waals surface area contributed by atoms with Gasteiger partial charge in [-0.05, 0) is 15.9 Å². The van der Waals surface area contributed by atoms with Crippen LogP contribution >= 0.6 is 27.7 Å².